The van der Waals surface area contributed by atoms with Crippen molar-refractivity contribution in [2.45, 2.75) is 121 Å². The Hall–Kier alpha value is -4.39. The predicted octanol–water partition coefficient (Wildman–Crippen LogP) is 6.21. The van der Waals surface area contributed by atoms with Gasteiger partial charge in [-0.15, -0.1) is 0 Å². The Kier molecular flexibility index (Phi) is 14.1. The van der Waals surface area contributed by atoms with Crippen LogP contribution in [0.5, 0.6) is 0 Å². The summed E-state index contributed by atoms with van der Waals surface area (Å²) >= 11 is 6.21. The Labute approximate surface area is 347 Å². The van der Waals surface area contributed by atoms with Gasteiger partial charge in [0.05, 0.1) is 17.7 Å². The standard InChI is InChI=1S/C45H58ClN7O5/c1-30-26-38(54)41-40(30)42(49-29-48-41)51-22-24-52(25-23-51)44(57)35(32-15-17-33(46)18-16-32)27-47-21-10-8-6-4-2-3-5-7-9-12-31-13-11-14-34-36(31)28-53(45(34)58)37-19-20-39(55)50-43(37)56/h11,13-18,29-30,35,37-38,47,54H,2-10,12,19-28H2,1H3,(H,50,55,56)/t30-,35-,37?,38-/m1/s1. The SMILES string of the molecule is C[C@@H]1C[C@@H](O)c2ncnc(N3CCN(C(=O)[C@H](CNCCCCCCCCCCCc4cccc5c4CN(C4CCC(=O)NC4=O)C5=O)c4ccc(Cl)cc4)CC3)c21. The normalized spacial score (nSPS) is 21.0. The highest BCUT2D eigenvalue weighted by atomic mass is 35.5. The number of anilines is 1. The monoisotopic (exact) mass is 811 g/mol. The molecule has 0 spiro atoms. The van der Waals surface area contributed by atoms with Crippen molar-refractivity contribution >= 4 is 41.0 Å². The van der Waals surface area contributed by atoms with Crippen molar-refractivity contribution in [2.24, 2.45) is 0 Å². The average Bonchev–Trinajstić information content (AvgIpc) is 3.72. The maximum Gasteiger partial charge on any atom is 0.255 e. The zero-order chi connectivity index (χ0) is 40.6. The maximum absolute atomic E-state index is 14.0. The highest BCUT2D eigenvalue weighted by Crippen LogP contribution is 2.43. The van der Waals surface area contributed by atoms with Crippen LogP contribution in [0.25, 0.3) is 0 Å². The molecule has 4 heterocycles. The van der Waals surface area contributed by atoms with Crippen LogP contribution in [0.4, 0.5) is 5.82 Å². The summed E-state index contributed by atoms with van der Waals surface area (Å²) in [6.07, 6.45) is 13.7. The van der Waals surface area contributed by atoms with Gasteiger partial charge in [0.1, 0.15) is 18.2 Å². The fraction of sp³-hybridized carbons (Fsp3) is 0.556. The van der Waals surface area contributed by atoms with E-state index in [1.807, 2.05) is 41.3 Å². The van der Waals surface area contributed by atoms with Crippen molar-refractivity contribution in [3.8, 4) is 0 Å². The van der Waals surface area contributed by atoms with Gasteiger partial charge in [-0.2, -0.15) is 0 Å². The summed E-state index contributed by atoms with van der Waals surface area (Å²) in [4.78, 5) is 66.0. The second-order valence-electron chi connectivity index (χ2n) is 16.5. The summed E-state index contributed by atoms with van der Waals surface area (Å²) in [7, 11) is 0. The molecular weight excluding hydrogens is 754 g/mol. The molecule has 0 radical (unpaired) electrons. The number of piperazine rings is 1. The number of aliphatic hydroxyl groups excluding tert-OH is 1. The third-order valence-corrected chi connectivity index (χ3v) is 12.8. The molecular formula is C45H58ClN7O5. The number of rotatable bonds is 18. The molecule has 4 amide bonds. The third-order valence-electron chi connectivity index (χ3n) is 12.6. The van der Waals surface area contributed by atoms with E-state index < -0.39 is 12.1 Å². The van der Waals surface area contributed by atoms with E-state index in [1.165, 1.54) is 37.7 Å². The van der Waals surface area contributed by atoms with Gasteiger partial charge in [-0.25, -0.2) is 9.97 Å². The lowest BCUT2D eigenvalue weighted by Gasteiger charge is -2.38. The van der Waals surface area contributed by atoms with Gasteiger partial charge in [0.15, 0.2) is 0 Å². The number of amides is 4. The lowest BCUT2D eigenvalue weighted by Crippen LogP contribution is -2.52. The molecule has 1 unspecified atom stereocenters. The van der Waals surface area contributed by atoms with Gasteiger partial charge in [-0.1, -0.05) is 87.7 Å². The van der Waals surface area contributed by atoms with Crippen LogP contribution in [0, 0.1) is 0 Å². The van der Waals surface area contributed by atoms with Crippen molar-refractivity contribution < 1.29 is 24.3 Å². The molecule has 2 fully saturated rings. The minimum atomic E-state index is -0.580. The second-order valence-corrected chi connectivity index (χ2v) is 17.0. The lowest BCUT2D eigenvalue weighted by molar-refractivity contribution is -0.137. The number of aryl methyl sites for hydroxylation is 1. The average molecular weight is 812 g/mol. The highest BCUT2D eigenvalue weighted by molar-refractivity contribution is 6.30. The van der Waals surface area contributed by atoms with Gasteiger partial charge < -0.3 is 25.1 Å². The van der Waals surface area contributed by atoms with Crippen LogP contribution < -0.4 is 15.5 Å². The number of carbonyl (C=O) groups excluding carboxylic acids is 4. The van der Waals surface area contributed by atoms with Crippen LogP contribution in [0.3, 0.4) is 0 Å². The van der Waals surface area contributed by atoms with E-state index in [-0.39, 0.29) is 41.9 Å². The summed E-state index contributed by atoms with van der Waals surface area (Å²) in [6.45, 7) is 6.60. The number of halogens is 1. The number of hydrogen-bond donors (Lipinski definition) is 3. The predicted molar refractivity (Wildman–Crippen MR) is 224 cm³/mol. The number of nitrogens with one attached hydrogen (secondary N) is 2. The van der Waals surface area contributed by atoms with E-state index >= 15 is 0 Å². The molecule has 1 aliphatic carbocycles. The lowest BCUT2D eigenvalue weighted by atomic mass is 9.96. The van der Waals surface area contributed by atoms with Crippen molar-refractivity contribution in [3.05, 3.63) is 87.3 Å². The number of imide groups is 1. The Bertz CT molecular complexity index is 1930. The van der Waals surface area contributed by atoms with Gasteiger partial charge >= 0.3 is 0 Å². The first-order chi connectivity index (χ1) is 28.2. The fourth-order valence-corrected chi connectivity index (χ4v) is 9.42. The van der Waals surface area contributed by atoms with E-state index in [4.69, 9.17) is 11.6 Å². The van der Waals surface area contributed by atoms with Gasteiger partial charge in [-0.3, -0.25) is 24.5 Å². The second kappa shape index (κ2) is 19.6. The van der Waals surface area contributed by atoms with Gasteiger partial charge in [0, 0.05) is 61.8 Å². The molecule has 4 aliphatic rings. The van der Waals surface area contributed by atoms with E-state index in [2.05, 4.69) is 38.5 Å². The smallest absolute Gasteiger partial charge is 0.255 e. The number of aromatic nitrogens is 2. The first-order valence-electron chi connectivity index (χ1n) is 21.5. The molecule has 3 N–H and O–H groups in total. The molecule has 58 heavy (non-hydrogen) atoms. The van der Waals surface area contributed by atoms with Gasteiger partial charge in [-0.05, 0) is 79.5 Å². The van der Waals surface area contributed by atoms with E-state index in [0.29, 0.717) is 62.7 Å². The van der Waals surface area contributed by atoms with Crippen LogP contribution in [0.1, 0.15) is 140 Å². The zero-order valence-corrected chi connectivity index (χ0v) is 34.5. The molecule has 7 rings (SSSR count). The summed E-state index contributed by atoms with van der Waals surface area (Å²) in [5.74, 6) is 0.180. The number of benzene rings is 2. The van der Waals surface area contributed by atoms with Crippen LogP contribution in [-0.4, -0.2) is 93.8 Å². The molecule has 4 atom stereocenters. The number of hydrogen-bond acceptors (Lipinski definition) is 9. The van der Waals surface area contributed by atoms with E-state index in [9.17, 15) is 24.3 Å². The topological polar surface area (TPSA) is 148 Å². The van der Waals surface area contributed by atoms with E-state index in [1.54, 1.807) is 11.2 Å². The van der Waals surface area contributed by atoms with Crippen molar-refractivity contribution in [3.63, 3.8) is 0 Å². The Morgan fingerprint density at radius 3 is 2.36 bits per heavy atom. The molecule has 3 aromatic rings. The summed E-state index contributed by atoms with van der Waals surface area (Å²) in [5, 5.41) is 17.1. The Morgan fingerprint density at radius 1 is 0.931 bits per heavy atom. The minimum Gasteiger partial charge on any atom is -0.387 e. The highest BCUT2D eigenvalue weighted by Gasteiger charge is 2.40. The quantitative estimate of drug-likeness (QED) is 0.101. The number of piperidine rings is 1. The molecule has 13 heteroatoms. The first-order valence-corrected chi connectivity index (χ1v) is 21.9. The van der Waals surface area contributed by atoms with Gasteiger partial charge in [0.25, 0.3) is 5.91 Å². The largest absolute Gasteiger partial charge is 0.387 e. The molecule has 2 saturated heterocycles. The van der Waals surface area contributed by atoms with Crippen LogP contribution in [-0.2, 0) is 27.3 Å². The number of nitrogens with zero attached hydrogens (tertiary/aromatic N) is 5. The fourth-order valence-electron chi connectivity index (χ4n) is 9.29. The van der Waals surface area contributed by atoms with Crippen molar-refractivity contribution in [1.29, 1.82) is 0 Å². The molecule has 310 valence electrons. The Balaban J connectivity index is 0.774. The van der Waals surface area contributed by atoms with Crippen LogP contribution in [0.15, 0.2) is 48.8 Å². The Morgan fingerprint density at radius 2 is 1.64 bits per heavy atom. The molecule has 0 bridgehead atoms. The minimum absolute atomic E-state index is 0.110. The van der Waals surface area contributed by atoms with Gasteiger partial charge in [0.2, 0.25) is 17.7 Å². The summed E-state index contributed by atoms with van der Waals surface area (Å²) in [5.41, 5.74) is 5.67. The number of fused-ring (bicyclic) bond motifs is 2. The summed E-state index contributed by atoms with van der Waals surface area (Å²) < 4.78 is 0. The molecule has 0 saturated carbocycles. The number of unbranched alkanes of at least 4 members (excludes halogenated alkanes) is 8. The van der Waals surface area contributed by atoms with Crippen molar-refractivity contribution in [1.82, 2.24) is 30.4 Å². The first kappa shape index (κ1) is 41.8. The van der Waals surface area contributed by atoms with E-state index in [0.717, 1.165) is 66.9 Å². The zero-order valence-electron chi connectivity index (χ0n) is 33.8. The third kappa shape index (κ3) is 9.72. The molecule has 2 aromatic carbocycles. The van der Waals surface area contributed by atoms with Crippen molar-refractivity contribution in [2.75, 3.05) is 44.2 Å². The molecule has 3 aliphatic heterocycles. The number of carbonyl (C=O) groups is 4. The maximum atomic E-state index is 14.0. The summed E-state index contributed by atoms with van der Waals surface area (Å²) in [6, 6.07) is 13.0. The van der Waals surface area contributed by atoms with Crippen LogP contribution >= 0.6 is 11.6 Å². The molecule has 12 nitrogen and oxygen atoms in total. The number of aliphatic hydroxyl groups is 1. The van der Waals surface area contributed by atoms with Crippen LogP contribution in [0.2, 0.25) is 5.02 Å². The molecule has 1 aromatic heterocycles.